The van der Waals surface area contributed by atoms with E-state index in [-0.39, 0.29) is 43.6 Å². The zero-order valence-electron chi connectivity index (χ0n) is 28.4. The molecule has 0 aromatic heterocycles. The van der Waals surface area contributed by atoms with Crippen molar-refractivity contribution in [3.63, 3.8) is 0 Å². The van der Waals surface area contributed by atoms with Crippen molar-refractivity contribution >= 4 is 60.0 Å². The molecule has 1 atom stereocenters. The largest absolute Gasteiger partial charge is 0.534 e. The van der Waals surface area contributed by atoms with E-state index in [4.69, 9.17) is 0 Å². The van der Waals surface area contributed by atoms with Crippen molar-refractivity contribution < 1.29 is 115 Å². The lowest BCUT2D eigenvalue weighted by molar-refractivity contribution is -0.148. The Morgan fingerprint density at radius 3 is 1.42 bits per heavy atom. The van der Waals surface area contributed by atoms with Crippen LogP contribution in [0.2, 0.25) is 0 Å². The zero-order chi connectivity index (χ0) is 43.5. The number of ketones is 1. The molecule has 55 heavy (non-hydrogen) atoms. The first kappa shape index (κ1) is 57.7. The fraction of sp³-hybridized carbons (Fsp3) is 0.654. The van der Waals surface area contributed by atoms with Crippen LogP contribution in [0.5, 0.6) is 0 Å². The van der Waals surface area contributed by atoms with Crippen molar-refractivity contribution in [1.82, 2.24) is 0 Å². The highest BCUT2D eigenvalue weighted by Gasteiger charge is 2.57. The second-order valence-electron chi connectivity index (χ2n) is 9.19. The Kier molecular flexibility index (Phi) is 25.7. The number of carbonyl (C=O) groups is 5. The van der Waals surface area contributed by atoms with Crippen LogP contribution in [0.3, 0.4) is 0 Å². The molecule has 2 aliphatic rings. The highest BCUT2D eigenvalue weighted by Crippen LogP contribution is 2.34. The average Bonchev–Trinajstić information content (AvgIpc) is 3.70. The van der Waals surface area contributed by atoms with Crippen molar-refractivity contribution in [3.05, 3.63) is 24.0 Å². The Morgan fingerprint density at radius 2 is 1.16 bits per heavy atom. The van der Waals surface area contributed by atoms with Crippen LogP contribution in [-0.4, -0.2) is 99.9 Å². The van der Waals surface area contributed by atoms with E-state index in [0.29, 0.717) is 25.7 Å². The van der Waals surface area contributed by atoms with E-state index >= 15 is 0 Å². The molecule has 0 aliphatic heterocycles. The van der Waals surface area contributed by atoms with Crippen LogP contribution in [0, 0.1) is 5.92 Å². The molecular formula is C26H37F9O17S3. The van der Waals surface area contributed by atoms with Crippen LogP contribution in [0.15, 0.2) is 24.0 Å². The van der Waals surface area contributed by atoms with Gasteiger partial charge in [0.15, 0.2) is 0 Å². The molecule has 0 heterocycles. The van der Waals surface area contributed by atoms with Gasteiger partial charge in [0.1, 0.15) is 17.5 Å². The van der Waals surface area contributed by atoms with Crippen LogP contribution in [0.25, 0.3) is 0 Å². The van der Waals surface area contributed by atoms with Crippen LogP contribution >= 0.6 is 0 Å². The summed E-state index contributed by atoms with van der Waals surface area (Å²) >= 11 is 0. The summed E-state index contributed by atoms with van der Waals surface area (Å²) in [7, 11) is -14.4. The number of hydrogen-bond donors (Lipinski definition) is 0. The maximum atomic E-state index is 12.0. The third kappa shape index (κ3) is 21.0. The molecule has 0 N–H and O–H groups in total. The van der Waals surface area contributed by atoms with Gasteiger partial charge >= 0.3 is 70.8 Å². The monoisotopic (exact) mass is 888 g/mol. The van der Waals surface area contributed by atoms with Gasteiger partial charge in [-0.15, -0.1) is 3.63 Å². The van der Waals surface area contributed by atoms with Crippen LogP contribution in [-0.2, 0) is 81.1 Å². The number of rotatable bonds is 8. The fourth-order valence-corrected chi connectivity index (χ4v) is 5.06. The van der Waals surface area contributed by atoms with Gasteiger partial charge in [-0.3, -0.25) is 14.4 Å². The Hall–Kier alpha value is -3.99. The first-order valence-corrected chi connectivity index (χ1v) is 18.0. The van der Waals surface area contributed by atoms with Gasteiger partial charge < -0.3 is 23.1 Å². The van der Waals surface area contributed by atoms with Gasteiger partial charge in [-0.1, -0.05) is 20.9 Å². The Bertz CT molecular complexity index is 1620. The smallest absolute Gasteiger partial charge is 0.469 e. The number of alkyl halides is 9. The van der Waals surface area contributed by atoms with Gasteiger partial charge in [-0.25, -0.2) is 9.59 Å². The summed E-state index contributed by atoms with van der Waals surface area (Å²) < 4.78 is 189. The van der Waals surface area contributed by atoms with E-state index in [1.807, 2.05) is 3.63 Å². The van der Waals surface area contributed by atoms with Gasteiger partial charge in [-0.05, 0) is 25.7 Å². The van der Waals surface area contributed by atoms with E-state index in [9.17, 15) is 88.7 Å². The van der Waals surface area contributed by atoms with Gasteiger partial charge in [-0.2, -0.15) is 64.8 Å². The standard InChI is InChI=1S/C8H9F3O5S.C7H10O3.C4H8O2.C4H6O2.C2F6O5S2.CH4/c1-15-7(12)5-3-2-4-6(5)16-17(13,14)8(9,10)11;1-10-7(9)5-3-2-4-6(5)8;2*1-3-4(5)6-2;3-1(4,5)14(9,10)13-15(11,12)2(6,7)8;/h2-4H2,1H3;5H,2-4H2,1H3;3H2,1-2H3;3H,1H2,2H3;;1H4. The Balaban J connectivity index is -0.000000312. The average molecular weight is 889 g/mol. The number of esters is 4. The van der Waals surface area contributed by atoms with Crippen LogP contribution in [0.1, 0.15) is 59.3 Å². The third-order valence-electron chi connectivity index (χ3n) is 5.51. The van der Waals surface area contributed by atoms with Crippen LogP contribution < -0.4 is 0 Å². The third-order valence-corrected chi connectivity index (χ3v) is 9.07. The van der Waals surface area contributed by atoms with E-state index in [0.717, 1.165) is 19.6 Å². The Morgan fingerprint density at radius 1 is 0.709 bits per heavy atom. The highest BCUT2D eigenvalue weighted by molar-refractivity contribution is 8.00. The normalized spacial score (nSPS) is 15.6. The zero-order valence-corrected chi connectivity index (χ0v) is 30.8. The van der Waals surface area contributed by atoms with Gasteiger partial charge in [0.25, 0.3) is 0 Å². The van der Waals surface area contributed by atoms with Crippen molar-refractivity contribution in [2.45, 2.75) is 75.8 Å². The highest BCUT2D eigenvalue weighted by atomic mass is 32.3. The predicted molar refractivity (Wildman–Crippen MR) is 166 cm³/mol. The second-order valence-corrected chi connectivity index (χ2v) is 14.0. The number of methoxy groups -OCH3 is 4. The molecule has 2 aliphatic carbocycles. The van der Waals surface area contributed by atoms with Crippen molar-refractivity contribution in [2.75, 3.05) is 28.4 Å². The molecule has 0 spiro atoms. The molecule has 1 saturated carbocycles. The molecule has 17 nitrogen and oxygen atoms in total. The van der Waals surface area contributed by atoms with Gasteiger partial charge in [0.05, 0.1) is 34.0 Å². The lowest BCUT2D eigenvalue weighted by Gasteiger charge is -2.11. The first-order valence-electron chi connectivity index (χ1n) is 13.8. The van der Waals surface area contributed by atoms with Gasteiger partial charge in [0.2, 0.25) is 0 Å². The summed E-state index contributed by atoms with van der Waals surface area (Å²) in [5.74, 6) is -2.71. The predicted octanol–water partition coefficient (Wildman–Crippen LogP) is 4.25. The molecule has 0 amide bonds. The number of Topliss-reactive ketones (excluding diaryl/α,β-unsaturated/α-hetero) is 1. The molecule has 2 rings (SSSR count). The Labute approximate surface area is 309 Å². The number of halogens is 9. The number of ether oxygens (including phenoxy) is 4. The maximum absolute atomic E-state index is 12.0. The summed E-state index contributed by atoms with van der Waals surface area (Å²) in [6.45, 7) is 4.91. The van der Waals surface area contributed by atoms with Crippen molar-refractivity contribution in [3.8, 4) is 0 Å². The minimum Gasteiger partial charge on any atom is -0.469 e. The lowest BCUT2D eigenvalue weighted by Crippen LogP contribution is -2.34. The lowest BCUT2D eigenvalue weighted by atomic mass is 10.1. The molecule has 29 heteroatoms. The molecule has 324 valence electrons. The first-order chi connectivity index (χ1) is 24.3. The summed E-state index contributed by atoms with van der Waals surface area (Å²) in [6, 6.07) is 0. The molecular weight excluding hydrogens is 851 g/mol. The molecule has 0 aromatic carbocycles. The molecule has 0 radical (unpaired) electrons. The summed E-state index contributed by atoms with van der Waals surface area (Å²) in [5, 5.41) is 0. The second kappa shape index (κ2) is 24.5. The number of hydrogen-bond acceptors (Lipinski definition) is 17. The topological polar surface area (TPSA) is 243 Å². The van der Waals surface area contributed by atoms with Crippen molar-refractivity contribution in [2.24, 2.45) is 5.92 Å². The minimum absolute atomic E-state index is 0. The molecule has 0 aromatic rings. The minimum atomic E-state index is -6.85. The van der Waals surface area contributed by atoms with E-state index in [1.54, 1.807) is 6.92 Å². The van der Waals surface area contributed by atoms with E-state index < -0.39 is 70.5 Å². The van der Waals surface area contributed by atoms with Crippen LogP contribution in [0.4, 0.5) is 39.5 Å². The summed E-state index contributed by atoms with van der Waals surface area (Å²) in [4.78, 5) is 52.6. The SMILES string of the molecule is C.C=CC(=O)OC.CCC(=O)OC.COC(=O)C1=C(OS(=O)(=O)C(F)(F)F)CCC1.COC(=O)C1CCCC1=O.O=S(=O)(OS(=O)(=O)C(F)(F)F)C(F)(F)F. The molecule has 1 fully saturated rings. The molecule has 1 unspecified atom stereocenters. The van der Waals surface area contributed by atoms with Crippen molar-refractivity contribution in [1.29, 1.82) is 0 Å². The maximum Gasteiger partial charge on any atom is 0.534 e. The summed E-state index contributed by atoms with van der Waals surface area (Å²) in [6.07, 6.45) is 4.06. The molecule has 0 bridgehead atoms. The van der Waals surface area contributed by atoms with Gasteiger partial charge in [0, 0.05) is 25.3 Å². The summed E-state index contributed by atoms with van der Waals surface area (Å²) in [5.41, 5.74) is -18.2. The number of allylic oxidation sites excluding steroid dienone is 1. The van der Waals surface area contributed by atoms with E-state index in [1.165, 1.54) is 21.3 Å². The van der Waals surface area contributed by atoms with E-state index in [2.05, 4.69) is 29.7 Å². The fourth-order valence-electron chi connectivity index (χ4n) is 2.96. The molecule has 0 saturated heterocycles. The number of carbonyl (C=O) groups excluding carboxylic acids is 5. The quantitative estimate of drug-likeness (QED) is 0.0629.